The van der Waals surface area contributed by atoms with E-state index < -0.39 is 5.56 Å². The third-order valence-corrected chi connectivity index (χ3v) is 5.68. The molecule has 1 saturated carbocycles. The first kappa shape index (κ1) is 21.0. The second kappa shape index (κ2) is 8.13. The van der Waals surface area contributed by atoms with Crippen molar-refractivity contribution in [1.82, 2.24) is 19.9 Å². The Balaban J connectivity index is 1.64. The Kier molecular flexibility index (Phi) is 5.52. The van der Waals surface area contributed by atoms with Crippen molar-refractivity contribution < 1.29 is 9.18 Å². The summed E-state index contributed by atoms with van der Waals surface area (Å²) in [7, 11) is 0. The molecule has 31 heavy (non-hydrogen) atoms. The van der Waals surface area contributed by atoms with Crippen LogP contribution in [0.15, 0.2) is 47.5 Å². The first-order valence-corrected chi connectivity index (χ1v) is 10.4. The summed E-state index contributed by atoms with van der Waals surface area (Å²) in [4.78, 5) is 40.3. The first-order valence-electron chi connectivity index (χ1n) is 10.4. The second-order valence-corrected chi connectivity index (χ2v) is 9.15. The molecular formula is C24H25FN4O2. The number of carbonyl (C=O) groups is 1. The van der Waals surface area contributed by atoms with E-state index >= 15 is 0 Å². The normalized spacial score (nSPS) is 15.0. The number of hydrogen-bond acceptors (Lipinski definition) is 5. The van der Waals surface area contributed by atoms with Crippen LogP contribution in [0.25, 0.3) is 11.6 Å². The van der Waals surface area contributed by atoms with Gasteiger partial charge in [0.15, 0.2) is 17.4 Å². The average Bonchev–Trinajstić information content (AvgIpc) is 3.56. The van der Waals surface area contributed by atoms with Crippen LogP contribution in [0.5, 0.6) is 0 Å². The lowest BCUT2D eigenvalue weighted by Gasteiger charge is -2.31. The number of ketones is 1. The Hall–Kier alpha value is -3.22. The maximum Gasteiger partial charge on any atom is 0.251 e. The maximum atomic E-state index is 14.7. The van der Waals surface area contributed by atoms with Crippen LogP contribution in [0.4, 0.5) is 4.39 Å². The number of halogens is 1. The topological polar surface area (TPSA) is 88.6 Å². The van der Waals surface area contributed by atoms with Crippen molar-refractivity contribution >= 4 is 5.78 Å². The molecule has 0 spiro atoms. The summed E-state index contributed by atoms with van der Waals surface area (Å²) in [5.41, 5.74) is 0.838. The summed E-state index contributed by atoms with van der Waals surface area (Å²) >= 11 is 0. The monoisotopic (exact) mass is 420 g/mol. The molecule has 0 amide bonds. The zero-order valence-electron chi connectivity index (χ0n) is 17.9. The predicted molar refractivity (Wildman–Crippen MR) is 115 cm³/mol. The number of carbonyl (C=O) groups excluding carboxylic acids is 1. The number of aromatic nitrogens is 4. The van der Waals surface area contributed by atoms with Gasteiger partial charge in [-0.1, -0.05) is 32.9 Å². The van der Waals surface area contributed by atoms with Gasteiger partial charge in [0.25, 0.3) is 5.56 Å². The zero-order chi connectivity index (χ0) is 22.2. The number of rotatable bonds is 6. The number of nitrogens with one attached hydrogen (secondary N) is 1. The van der Waals surface area contributed by atoms with Gasteiger partial charge >= 0.3 is 0 Å². The minimum Gasteiger partial charge on any atom is -0.304 e. The lowest BCUT2D eigenvalue weighted by molar-refractivity contribution is 0.0946. The Labute approximate surface area is 180 Å². The highest BCUT2D eigenvalue weighted by Gasteiger charge is 2.32. The molecular weight excluding hydrogens is 395 g/mol. The van der Waals surface area contributed by atoms with E-state index in [0.29, 0.717) is 5.92 Å². The molecule has 0 saturated heterocycles. The summed E-state index contributed by atoms with van der Waals surface area (Å²) in [5, 5.41) is 0. The third kappa shape index (κ3) is 4.76. The Morgan fingerprint density at radius 3 is 2.52 bits per heavy atom. The van der Waals surface area contributed by atoms with E-state index in [2.05, 4.69) is 19.9 Å². The van der Waals surface area contributed by atoms with E-state index in [9.17, 15) is 14.0 Å². The lowest BCUT2D eigenvalue weighted by Crippen LogP contribution is -2.23. The molecule has 0 unspecified atom stereocenters. The van der Waals surface area contributed by atoms with Gasteiger partial charge in [0.05, 0.1) is 0 Å². The van der Waals surface area contributed by atoms with E-state index in [1.807, 2.05) is 32.9 Å². The van der Waals surface area contributed by atoms with Crippen molar-refractivity contribution in [2.75, 3.05) is 0 Å². The molecule has 3 aromatic rings. The van der Waals surface area contributed by atoms with Crippen LogP contribution < -0.4 is 5.56 Å². The minimum atomic E-state index is -0.451. The van der Waals surface area contributed by atoms with E-state index in [1.165, 1.54) is 18.5 Å². The van der Waals surface area contributed by atoms with Gasteiger partial charge < -0.3 is 4.98 Å². The molecule has 1 fully saturated rings. The predicted octanol–water partition coefficient (Wildman–Crippen LogP) is 4.65. The zero-order valence-corrected chi connectivity index (χ0v) is 17.9. The van der Waals surface area contributed by atoms with Crippen molar-refractivity contribution in [3.8, 4) is 11.6 Å². The minimum absolute atomic E-state index is 0.0514. The Bertz CT molecular complexity index is 1160. The van der Waals surface area contributed by atoms with Crippen LogP contribution in [0.1, 0.15) is 73.5 Å². The molecule has 7 heteroatoms. The number of aromatic amines is 1. The molecule has 1 N–H and O–H groups in total. The van der Waals surface area contributed by atoms with Crippen molar-refractivity contribution in [2.45, 2.75) is 51.9 Å². The molecule has 2 aromatic heterocycles. The van der Waals surface area contributed by atoms with Gasteiger partial charge in [-0.05, 0) is 53.4 Å². The summed E-state index contributed by atoms with van der Waals surface area (Å²) in [5.74, 6) is -0.0276. The van der Waals surface area contributed by atoms with Crippen LogP contribution in [0.2, 0.25) is 0 Å². The Morgan fingerprint density at radius 2 is 1.90 bits per heavy atom. The number of H-pyrrole nitrogens is 1. The molecule has 1 aromatic carbocycles. The van der Waals surface area contributed by atoms with Crippen molar-refractivity contribution in [2.24, 2.45) is 5.41 Å². The fraction of sp³-hybridized carbons (Fsp3) is 0.375. The van der Waals surface area contributed by atoms with Gasteiger partial charge in [-0.15, -0.1) is 0 Å². The molecule has 1 aliphatic carbocycles. The van der Waals surface area contributed by atoms with E-state index in [4.69, 9.17) is 0 Å². The quantitative estimate of drug-likeness (QED) is 0.587. The summed E-state index contributed by atoms with van der Waals surface area (Å²) in [6.07, 6.45) is 5.23. The molecule has 4 rings (SSSR count). The summed E-state index contributed by atoms with van der Waals surface area (Å²) < 4.78 is 14.7. The summed E-state index contributed by atoms with van der Waals surface area (Å²) in [6, 6.07) is 8.17. The fourth-order valence-corrected chi connectivity index (χ4v) is 3.83. The summed E-state index contributed by atoms with van der Waals surface area (Å²) in [6.45, 7) is 6.06. The molecule has 2 heterocycles. The van der Waals surface area contributed by atoms with Gasteiger partial charge in [-0.25, -0.2) is 19.3 Å². The SMILES string of the molecule is CC(C)(C)[C@@H](CC(=O)c1cc(=O)[nH]c(-c2ncccn2)n1)c1ccc(C2CC2)c(F)c1. The highest BCUT2D eigenvalue weighted by atomic mass is 19.1. The largest absolute Gasteiger partial charge is 0.304 e. The Morgan fingerprint density at radius 1 is 1.19 bits per heavy atom. The van der Waals surface area contributed by atoms with Gasteiger partial charge in [-0.3, -0.25) is 9.59 Å². The maximum absolute atomic E-state index is 14.7. The first-order chi connectivity index (χ1) is 14.7. The van der Waals surface area contributed by atoms with Crippen LogP contribution in [-0.2, 0) is 0 Å². The highest BCUT2D eigenvalue weighted by molar-refractivity contribution is 5.95. The number of hydrogen-bond donors (Lipinski definition) is 1. The molecule has 1 atom stereocenters. The standard InChI is InChI=1S/C24H25FN4O2/c1-24(2,3)17(15-7-8-16(14-5-6-14)18(25)11-15)12-20(30)19-13-21(31)29-23(28-19)22-26-9-4-10-27-22/h4,7-11,13-14,17H,5-6,12H2,1-3H3,(H,28,29,31)/t17-/m0/s1. The van der Waals surface area contributed by atoms with Gasteiger partial charge in [0.2, 0.25) is 0 Å². The molecule has 6 nitrogen and oxygen atoms in total. The highest BCUT2D eigenvalue weighted by Crippen LogP contribution is 2.43. The van der Waals surface area contributed by atoms with Gasteiger partial charge in [0, 0.05) is 24.9 Å². The lowest BCUT2D eigenvalue weighted by atomic mass is 9.73. The van der Waals surface area contributed by atoms with Crippen LogP contribution >= 0.6 is 0 Å². The third-order valence-electron chi connectivity index (χ3n) is 5.68. The number of Topliss-reactive ketones (excluding diaryl/α,β-unsaturated/α-hetero) is 1. The number of nitrogens with zero attached hydrogens (tertiary/aromatic N) is 3. The van der Waals surface area contributed by atoms with E-state index in [0.717, 1.165) is 24.0 Å². The molecule has 0 bridgehead atoms. The molecule has 1 aliphatic rings. The second-order valence-electron chi connectivity index (χ2n) is 9.15. The smallest absolute Gasteiger partial charge is 0.251 e. The van der Waals surface area contributed by atoms with Crippen molar-refractivity contribution in [1.29, 1.82) is 0 Å². The molecule has 0 radical (unpaired) electrons. The van der Waals surface area contributed by atoms with Crippen LogP contribution in [-0.4, -0.2) is 25.7 Å². The van der Waals surface area contributed by atoms with E-state index in [1.54, 1.807) is 12.1 Å². The van der Waals surface area contributed by atoms with Gasteiger partial charge in [0.1, 0.15) is 11.5 Å². The van der Waals surface area contributed by atoms with Crippen molar-refractivity contribution in [3.63, 3.8) is 0 Å². The fourth-order valence-electron chi connectivity index (χ4n) is 3.83. The van der Waals surface area contributed by atoms with Crippen LogP contribution in [0.3, 0.4) is 0 Å². The van der Waals surface area contributed by atoms with Gasteiger partial charge in [-0.2, -0.15) is 0 Å². The van der Waals surface area contributed by atoms with Crippen molar-refractivity contribution in [3.05, 3.63) is 75.7 Å². The average molecular weight is 420 g/mol. The molecule has 0 aliphatic heterocycles. The molecule has 160 valence electrons. The number of benzene rings is 1. The van der Waals surface area contributed by atoms with E-state index in [-0.39, 0.29) is 46.7 Å². The van der Waals surface area contributed by atoms with Crippen LogP contribution in [0, 0.1) is 11.2 Å².